The molecule has 5 heteroatoms. The highest BCUT2D eigenvalue weighted by molar-refractivity contribution is 5.81. The van der Waals surface area contributed by atoms with E-state index in [1.807, 2.05) is 36.2 Å². The molecule has 20 heavy (non-hydrogen) atoms. The smallest absolute Gasteiger partial charge is 0.241 e. The van der Waals surface area contributed by atoms with Crippen LogP contribution in [-0.4, -0.2) is 50.6 Å². The molecule has 1 aliphatic heterocycles. The molecular weight excluding hydrogens is 254 g/mol. The number of likely N-dealkylation sites (N-methyl/N-ethyl adjacent to an activating group) is 1. The zero-order valence-corrected chi connectivity index (χ0v) is 12.2. The molecule has 1 aliphatic rings. The van der Waals surface area contributed by atoms with Crippen LogP contribution >= 0.6 is 0 Å². The van der Waals surface area contributed by atoms with Crippen molar-refractivity contribution in [3.8, 4) is 5.75 Å². The van der Waals surface area contributed by atoms with Crippen LogP contribution in [0.4, 0.5) is 5.69 Å². The molecule has 1 unspecified atom stereocenters. The van der Waals surface area contributed by atoms with E-state index in [1.54, 1.807) is 7.11 Å². The van der Waals surface area contributed by atoms with E-state index in [0.717, 1.165) is 37.4 Å². The number of benzene rings is 1. The molecule has 2 rings (SSSR count). The van der Waals surface area contributed by atoms with Gasteiger partial charge in [-0.15, -0.1) is 0 Å². The van der Waals surface area contributed by atoms with E-state index in [-0.39, 0.29) is 5.91 Å². The summed E-state index contributed by atoms with van der Waals surface area (Å²) in [5.41, 5.74) is 0.852. The Morgan fingerprint density at radius 2 is 2.25 bits per heavy atom. The lowest BCUT2D eigenvalue weighted by Gasteiger charge is -2.32. The predicted molar refractivity (Wildman–Crippen MR) is 80.1 cm³/mol. The van der Waals surface area contributed by atoms with Gasteiger partial charge < -0.3 is 20.3 Å². The van der Waals surface area contributed by atoms with Gasteiger partial charge in [-0.1, -0.05) is 12.1 Å². The second-order valence-electron chi connectivity index (χ2n) is 5.02. The number of likely N-dealkylation sites (tertiary alicyclic amines) is 1. The van der Waals surface area contributed by atoms with Crippen LogP contribution in [0.15, 0.2) is 24.3 Å². The highest BCUT2D eigenvalue weighted by atomic mass is 16.5. The molecule has 0 saturated carbocycles. The predicted octanol–water partition coefficient (Wildman–Crippen LogP) is 1.32. The van der Waals surface area contributed by atoms with E-state index in [2.05, 4.69) is 10.6 Å². The maximum atomic E-state index is 12.2. The summed E-state index contributed by atoms with van der Waals surface area (Å²) in [6.07, 6.45) is 2.20. The van der Waals surface area contributed by atoms with Crippen LogP contribution in [0.2, 0.25) is 0 Å². The summed E-state index contributed by atoms with van der Waals surface area (Å²) in [5.74, 6) is 0.892. The van der Waals surface area contributed by atoms with Gasteiger partial charge in [0.1, 0.15) is 5.75 Å². The lowest BCUT2D eigenvalue weighted by molar-refractivity contribution is -0.130. The third-order valence-electron chi connectivity index (χ3n) is 3.72. The standard InChI is InChI=1S/C15H23N3O2/c1-16-12-6-5-9-18(11-12)15(19)10-17-13-7-3-4-8-14(13)20-2/h3-4,7-8,12,16-17H,5-6,9-11H2,1-2H3. The molecular formula is C15H23N3O2. The van der Waals surface area contributed by atoms with Crippen LogP contribution in [0.3, 0.4) is 0 Å². The van der Waals surface area contributed by atoms with Crippen LogP contribution in [0.5, 0.6) is 5.75 Å². The van der Waals surface area contributed by atoms with Crippen molar-refractivity contribution in [2.75, 3.05) is 39.1 Å². The largest absolute Gasteiger partial charge is 0.495 e. The van der Waals surface area contributed by atoms with Gasteiger partial charge in [0.2, 0.25) is 5.91 Å². The molecule has 2 N–H and O–H groups in total. The van der Waals surface area contributed by atoms with E-state index < -0.39 is 0 Å². The number of carbonyl (C=O) groups is 1. The van der Waals surface area contributed by atoms with Crippen molar-refractivity contribution >= 4 is 11.6 Å². The first-order chi connectivity index (χ1) is 9.74. The van der Waals surface area contributed by atoms with Crippen LogP contribution < -0.4 is 15.4 Å². The number of carbonyl (C=O) groups excluding carboxylic acids is 1. The van der Waals surface area contributed by atoms with Gasteiger partial charge in [-0.05, 0) is 32.0 Å². The van der Waals surface area contributed by atoms with Gasteiger partial charge in [0.25, 0.3) is 0 Å². The SMILES string of the molecule is CNC1CCCN(C(=O)CNc2ccccc2OC)C1. The summed E-state index contributed by atoms with van der Waals surface area (Å²) in [5, 5.41) is 6.40. The van der Waals surface area contributed by atoms with E-state index in [4.69, 9.17) is 4.74 Å². The topological polar surface area (TPSA) is 53.6 Å². The van der Waals surface area contributed by atoms with Gasteiger partial charge in [0, 0.05) is 19.1 Å². The highest BCUT2D eigenvalue weighted by Crippen LogP contribution is 2.22. The summed E-state index contributed by atoms with van der Waals surface area (Å²) in [4.78, 5) is 14.2. The summed E-state index contributed by atoms with van der Waals surface area (Å²) < 4.78 is 5.26. The van der Waals surface area contributed by atoms with Gasteiger partial charge in [-0.2, -0.15) is 0 Å². The third-order valence-corrected chi connectivity index (χ3v) is 3.72. The second kappa shape index (κ2) is 7.14. The Morgan fingerprint density at radius 1 is 1.45 bits per heavy atom. The molecule has 0 bridgehead atoms. The number of nitrogens with zero attached hydrogens (tertiary/aromatic N) is 1. The summed E-state index contributed by atoms with van der Waals surface area (Å²) in [6.45, 7) is 1.95. The first kappa shape index (κ1) is 14.7. The van der Waals surface area contributed by atoms with Crippen LogP contribution in [0.1, 0.15) is 12.8 Å². The zero-order chi connectivity index (χ0) is 14.4. The molecule has 5 nitrogen and oxygen atoms in total. The number of rotatable bonds is 5. The number of piperidine rings is 1. The molecule has 1 fully saturated rings. The lowest BCUT2D eigenvalue weighted by atomic mass is 10.1. The number of anilines is 1. The van der Waals surface area contributed by atoms with Gasteiger partial charge in [0.05, 0.1) is 19.3 Å². The van der Waals surface area contributed by atoms with Crippen molar-refractivity contribution in [2.45, 2.75) is 18.9 Å². The number of nitrogens with one attached hydrogen (secondary N) is 2. The maximum absolute atomic E-state index is 12.2. The Kier molecular flexibility index (Phi) is 5.24. The molecule has 1 amide bonds. The van der Waals surface area contributed by atoms with Crippen molar-refractivity contribution < 1.29 is 9.53 Å². The van der Waals surface area contributed by atoms with E-state index in [9.17, 15) is 4.79 Å². The molecule has 1 aromatic carbocycles. The summed E-state index contributed by atoms with van der Waals surface area (Å²) in [7, 11) is 3.58. The maximum Gasteiger partial charge on any atom is 0.241 e. The number of ether oxygens (including phenoxy) is 1. The fraction of sp³-hybridized carbons (Fsp3) is 0.533. The van der Waals surface area contributed by atoms with Crippen molar-refractivity contribution in [2.24, 2.45) is 0 Å². The quantitative estimate of drug-likeness (QED) is 0.852. The molecule has 1 aromatic rings. The van der Waals surface area contributed by atoms with Gasteiger partial charge in [-0.3, -0.25) is 4.79 Å². The van der Waals surface area contributed by atoms with E-state index in [1.165, 1.54) is 0 Å². The summed E-state index contributed by atoms with van der Waals surface area (Å²) in [6, 6.07) is 8.05. The Labute approximate surface area is 120 Å². The number of hydrogen-bond donors (Lipinski definition) is 2. The van der Waals surface area contributed by atoms with Gasteiger partial charge in [0.15, 0.2) is 0 Å². The minimum absolute atomic E-state index is 0.135. The number of methoxy groups -OCH3 is 1. The fourth-order valence-corrected chi connectivity index (χ4v) is 2.51. The zero-order valence-electron chi connectivity index (χ0n) is 12.2. The monoisotopic (exact) mass is 277 g/mol. The van der Waals surface area contributed by atoms with E-state index in [0.29, 0.717) is 12.6 Å². The normalized spacial score (nSPS) is 18.7. The van der Waals surface area contributed by atoms with Crippen LogP contribution in [-0.2, 0) is 4.79 Å². The first-order valence-electron chi connectivity index (χ1n) is 7.06. The van der Waals surface area contributed by atoms with E-state index >= 15 is 0 Å². The Bertz CT molecular complexity index is 450. The molecule has 110 valence electrons. The lowest BCUT2D eigenvalue weighted by Crippen LogP contribution is -2.48. The minimum atomic E-state index is 0.135. The number of amides is 1. The average Bonchev–Trinajstić information content (AvgIpc) is 2.52. The average molecular weight is 277 g/mol. The summed E-state index contributed by atoms with van der Waals surface area (Å²) >= 11 is 0. The molecule has 0 radical (unpaired) electrons. The number of hydrogen-bond acceptors (Lipinski definition) is 4. The van der Waals surface area contributed by atoms with Crippen molar-refractivity contribution in [1.29, 1.82) is 0 Å². The van der Waals surface area contributed by atoms with Crippen LogP contribution in [0, 0.1) is 0 Å². The second-order valence-corrected chi connectivity index (χ2v) is 5.02. The Balaban J connectivity index is 1.88. The Morgan fingerprint density at radius 3 is 3.00 bits per heavy atom. The molecule has 0 aliphatic carbocycles. The highest BCUT2D eigenvalue weighted by Gasteiger charge is 2.22. The molecule has 0 aromatic heterocycles. The molecule has 1 atom stereocenters. The third kappa shape index (κ3) is 3.63. The fourth-order valence-electron chi connectivity index (χ4n) is 2.51. The van der Waals surface area contributed by atoms with Gasteiger partial charge >= 0.3 is 0 Å². The minimum Gasteiger partial charge on any atom is -0.495 e. The van der Waals surface area contributed by atoms with Crippen molar-refractivity contribution in [3.05, 3.63) is 24.3 Å². The first-order valence-corrected chi connectivity index (χ1v) is 7.06. The number of para-hydroxylation sites is 2. The van der Waals surface area contributed by atoms with Crippen LogP contribution in [0.25, 0.3) is 0 Å². The van der Waals surface area contributed by atoms with Gasteiger partial charge in [-0.25, -0.2) is 0 Å². The molecule has 1 saturated heterocycles. The Hall–Kier alpha value is -1.75. The molecule has 0 spiro atoms. The van der Waals surface area contributed by atoms with Crippen molar-refractivity contribution in [3.63, 3.8) is 0 Å². The van der Waals surface area contributed by atoms with Crippen molar-refractivity contribution in [1.82, 2.24) is 10.2 Å². The molecule has 1 heterocycles.